The highest BCUT2D eigenvalue weighted by Gasteiger charge is 1.97. The highest BCUT2D eigenvalue weighted by molar-refractivity contribution is 5.88. The van der Waals surface area contributed by atoms with Crippen molar-refractivity contribution in [1.29, 1.82) is 0 Å². The number of anilines is 1. The van der Waals surface area contributed by atoms with Crippen molar-refractivity contribution in [3.05, 3.63) is 29.8 Å². The summed E-state index contributed by atoms with van der Waals surface area (Å²) in [4.78, 5) is 10.9. The molecule has 4 nitrogen and oxygen atoms in total. The molecule has 1 atom stereocenters. The van der Waals surface area contributed by atoms with Gasteiger partial charge in [0.05, 0.1) is 6.10 Å². The maximum absolute atomic E-state index is 10.9. The average molecular weight is 250 g/mol. The van der Waals surface area contributed by atoms with Gasteiger partial charge in [0.15, 0.2) is 0 Å². The summed E-state index contributed by atoms with van der Waals surface area (Å²) < 4.78 is 0. The van der Waals surface area contributed by atoms with Gasteiger partial charge in [0.1, 0.15) is 0 Å². The number of carbonyl (C=O) groups excluding carboxylic acids is 1. The summed E-state index contributed by atoms with van der Waals surface area (Å²) in [5, 5.41) is 15.2. The molecule has 3 N–H and O–H groups in total. The first kappa shape index (κ1) is 14.7. The van der Waals surface area contributed by atoms with Crippen molar-refractivity contribution >= 4 is 11.6 Å². The molecule has 1 unspecified atom stereocenters. The van der Waals surface area contributed by atoms with E-state index in [2.05, 4.69) is 10.6 Å². The summed E-state index contributed by atoms with van der Waals surface area (Å²) in [6.07, 6.45) is 1.58. The molecule has 0 bridgehead atoms. The first-order valence-corrected chi connectivity index (χ1v) is 6.33. The van der Waals surface area contributed by atoms with Crippen LogP contribution in [0.4, 0.5) is 5.69 Å². The molecule has 1 aromatic carbocycles. The topological polar surface area (TPSA) is 61.4 Å². The molecule has 1 rings (SSSR count). The fourth-order valence-electron chi connectivity index (χ4n) is 1.66. The molecule has 1 amide bonds. The smallest absolute Gasteiger partial charge is 0.221 e. The SMILES string of the molecule is CC(=O)Nc1ccc(CNCCCC(C)O)cc1. The van der Waals surface area contributed by atoms with Crippen LogP contribution in [-0.4, -0.2) is 23.7 Å². The summed E-state index contributed by atoms with van der Waals surface area (Å²) in [7, 11) is 0. The van der Waals surface area contributed by atoms with E-state index in [1.165, 1.54) is 12.5 Å². The Bertz CT molecular complexity index is 361. The number of benzene rings is 1. The lowest BCUT2D eigenvalue weighted by atomic mass is 10.2. The molecule has 0 aromatic heterocycles. The van der Waals surface area contributed by atoms with E-state index in [4.69, 9.17) is 5.11 Å². The van der Waals surface area contributed by atoms with Crippen molar-refractivity contribution < 1.29 is 9.90 Å². The van der Waals surface area contributed by atoms with E-state index in [-0.39, 0.29) is 12.0 Å². The number of aliphatic hydroxyl groups excluding tert-OH is 1. The highest BCUT2D eigenvalue weighted by Crippen LogP contribution is 2.09. The first-order chi connectivity index (χ1) is 8.58. The Hall–Kier alpha value is -1.39. The van der Waals surface area contributed by atoms with Gasteiger partial charge in [-0.2, -0.15) is 0 Å². The summed E-state index contributed by atoms with van der Waals surface area (Å²) in [5.74, 6) is -0.0565. The van der Waals surface area contributed by atoms with E-state index in [1.807, 2.05) is 24.3 Å². The molecule has 0 aliphatic carbocycles. The predicted octanol–water partition coefficient (Wildman–Crippen LogP) is 1.90. The third-order valence-corrected chi connectivity index (χ3v) is 2.58. The zero-order valence-corrected chi connectivity index (χ0v) is 11.1. The van der Waals surface area contributed by atoms with E-state index < -0.39 is 0 Å². The van der Waals surface area contributed by atoms with E-state index in [0.717, 1.165) is 31.6 Å². The number of hydrogen-bond donors (Lipinski definition) is 3. The standard InChI is InChI=1S/C14H22N2O2/c1-11(17)4-3-9-15-10-13-5-7-14(8-6-13)16-12(2)18/h5-8,11,15,17H,3-4,9-10H2,1-2H3,(H,16,18). The zero-order valence-electron chi connectivity index (χ0n) is 11.1. The van der Waals surface area contributed by atoms with Crippen molar-refractivity contribution in [3.63, 3.8) is 0 Å². The molecule has 0 aliphatic rings. The Labute approximate surface area is 108 Å². The molecule has 100 valence electrons. The average Bonchev–Trinajstić information content (AvgIpc) is 2.30. The van der Waals surface area contributed by atoms with Gasteiger partial charge in [-0.3, -0.25) is 4.79 Å². The number of nitrogens with one attached hydrogen (secondary N) is 2. The minimum Gasteiger partial charge on any atom is -0.393 e. The van der Waals surface area contributed by atoms with Crippen molar-refractivity contribution in [2.45, 2.75) is 39.3 Å². The number of hydrogen-bond acceptors (Lipinski definition) is 3. The van der Waals surface area contributed by atoms with Crippen LogP contribution in [-0.2, 0) is 11.3 Å². The van der Waals surface area contributed by atoms with E-state index in [0.29, 0.717) is 0 Å². The Morgan fingerprint density at radius 2 is 2.00 bits per heavy atom. The van der Waals surface area contributed by atoms with Crippen LogP contribution in [0, 0.1) is 0 Å². The molecule has 0 saturated heterocycles. The van der Waals surface area contributed by atoms with Crippen LogP contribution in [0.25, 0.3) is 0 Å². The Morgan fingerprint density at radius 1 is 1.33 bits per heavy atom. The largest absolute Gasteiger partial charge is 0.393 e. The second kappa shape index (κ2) is 7.84. The Morgan fingerprint density at radius 3 is 2.56 bits per heavy atom. The quantitative estimate of drug-likeness (QED) is 0.648. The summed E-state index contributed by atoms with van der Waals surface area (Å²) in [6, 6.07) is 7.78. The van der Waals surface area contributed by atoms with Crippen LogP contribution in [0.1, 0.15) is 32.3 Å². The number of amides is 1. The highest BCUT2D eigenvalue weighted by atomic mass is 16.3. The lowest BCUT2D eigenvalue weighted by Gasteiger charge is -2.07. The van der Waals surface area contributed by atoms with Crippen molar-refractivity contribution in [2.75, 3.05) is 11.9 Å². The minimum absolute atomic E-state index is 0.0565. The van der Waals surface area contributed by atoms with Gasteiger partial charge in [0, 0.05) is 19.2 Å². The molecule has 0 spiro atoms. The molecule has 0 saturated carbocycles. The molecule has 0 heterocycles. The molecule has 18 heavy (non-hydrogen) atoms. The second-order valence-corrected chi connectivity index (χ2v) is 4.55. The molecular formula is C14H22N2O2. The molecule has 0 aliphatic heterocycles. The summed E-state index contributed by atoms with van der Waals surface area (Å²) >= 11 is 0. The van der Waals surface area contributed by atoms with Crippen molar-refractivity contribution in [1.82, 2.24) is 5.32 Å². The molecule has 1 aromatic rings. The van der Waals surface area contributed by atoms with E-state index in [9.17, 15) is 4.79 Å². The van der Waals surface area contributed by atoms with Crippen LogP contribution in [0.5, 0.6) is 0 Å². The van der Waals surface area contributed by atoms with E-state index >= 15 is 0 Å². The van der Waals surface area contributed by atoms with Gasteiger partial charge in [-0.05, 0) is 44.0 Å². The van der Waals surface area contributed by atoms with Crippen LogP contribution in [0.3, 0.4) is 0 Å². The Balaban J connectivity index is 2.24. The predicted molar refractivity (Wildman–Crippen MR) is 73.4 cm³/mol. The van der Waals surface area contributed by atoms with E-state index in [1.54, 1.807) is 6.92 Å². The number of carbonyl (C=O) groups is 1. The van der Waals surface area contributed by atoms with Crippen LogP contribution < -0.4 is 10.6 Å². The van der Waals surface area contributed by atoms with Crippen LogP contribution in [0.2, 0.25) is 0 Å². The lowest BCUT2D eigenvalue weighted by Crippen LogP contribution is -2.16. The Kier molecular flexibility index (Phi) is 6.39. The molecular weight excluding hydrogens is 228 g/mol. The zero-order chi connectivity index (χ0) is 13.4. The fourth-order valence-corrected chi connectivity index (χ4v) is 1.66. The van der Waals surface area contributed by atoms with Gasteiger partial charge in [-0.15, -0.1) is 0 Å². The minimum atomic E-state index is -0.219. The van der Waals surface area contributed by atoms with Gasteiger partial charge in [-0.1, -0.05) is 12.1 Å². The summed E-state index contributed by atoms with van der Waals surface area (Å²) in [5.41, 5.74) is 2.00. The van der Waals surface area contributed by atoms with Crippen molar-refractivity contribution in [2.24, 2.45) is 0 Å². The fraction of sp³-hybridized carbons (Fsp3) is 0.500. The van der Waals surface area contributed by atoms with Gasteiger partial charge in [0.2, 0.25) is 5.91 Å². The number of rotatable bonds is 7. The van der Waals surface area contributed by atoms with Gasteiger partial charge < -0.3 is 15.7 Å². The monoisotopic (exact) mass is 250 g/mol. The van der Waals surface area contributed by atoms with Crippen LogP contribution in [0.15, 0.2) is 24.3 Å². The van der Waals surface area contributed by atoms with Crippen LogP contribution >= 0.6 is 0 Å². The second-order valence-electron chi connectivity index (χ2n) is 4.55. The van der Waals surface area contributed by atoms with Gasteiger partial charge in [0.25, 0.3) is 0 Å². The lowest BCUT2D eigenvalue weighted by molar-refractivity contribution is -0.114. The van der Waals surface area contributed by atoms with Gasteiger partial charge in [-0.25, -0.2) is 0 Å². The maximum atomic E-state index is 10.9. The first-order valence-electron chi connectivity index (χ1n) is 6.33. The maximum Gasteiger partial charge on any atom is 0.221 e. The van der Waals surface area contributed by atoms with Crippen molar-refractivity contribution in [3.8, 4) is 0 Å². The molecule has 4 heteroatoms. The number of aliphatic hydroxyl groups is 1. The normalized spacial score (nSPS) is 12.2. The third kappa shape index (κ3) is 6.37. The molecule has 0 fully saturated rings. The molecule has 0 radical (unpaired) electrons. The third-order valence-electron chi connectivity index (χ3n) is 2.58. The van der Waals surface area contributed by atoms with Gasteiger partial charge >= 0.3 is 0 Å². The summed E-state index contributed by atoms with van der Waals surface area (Å²) in [6.45, 7) is 5.01.